The summed E-state index contributed by atoms with van der Waals surface area (Å²) in [5, 5.41) is 10.3. The first-order valence-electron chi connectivity index (χ1n) is 5.13. The second-order valence-corrected chi connectivity index (χ2v) is 3.45. The lowest BCUT2D eigenvalue weighted by Crippen LogP contribution is -2.11. The summed E-state index contributed by atoms with van der Waals surface area (Å²) in [5.74, 6) is 0. The van der Waals surface area contributed by atoms with Crippen LogP contribution in [0.2, 0.25) is 5.02 Å². The molecule has 0 bridgehead atoms. The Morgan fingerprint density at radius 1 is 1.29 bits per heavy atom. The van der Waals surface area contributed by atoms with Crippen LogP contribution < -0.4 is 5.56 Å². The van der Waals surface area contributed by atoms with Crippen molar-refractivity contribution in [3.63, 3.8) is 0 Å². The third kappa shape index (κ3) is 3.58. The van der Waals surface area contributed by atoms with E-state index in [0.717, 1.165) is 10.9 Å². The Kier molecular flexibility index (Phi) is 6.54. The lowest BCUT2D eigenvalue weighted by atomic mass is 10.1. The summed E-state index contributed by atoms with van der Waals surface area (Å²) in [4.78, 5) is 14.0. The van der Waals surface area contributed by atoms with Gasteiger partial charge in [0.25, 0.3) is 5.56 Å². The van der Waals surface area contributed by atoms with Crippen LogP contribution in [0.5, 0.6) is 0 Å². The van der Waals surface area contributed by atoms with E-state index in [-0.39, 0.29) is 19.6 Å². The van der Waals surface area contributed by atoms with Gasteiger partial charge >= 0.3 is 0 Å². The first kappa shape index (κ1) is 15.7. The molecular formula is C13H18ClNO2. The summed E-state index contributed by atoms with van der Waals surface area (Å²) in [6.07, 6.45) is 0. The molecule has 3 nitrogen and oxygen atoms in total. The highest BCUT2D eigenvalue weighted by atomic mass is 35.5. The number of benzene rings is 1. The number of hydrogen-bond donors (Lipinski definition) is 2. The monoisotopic (exact) mass is 255 g/mol. The normalized spacial score (nSPS) is 9.18. The van der Waals surface area contributed by atoms with E-state index in [4.69, 9.17) is 16.7 Å². The van der Waals surface area contributed by atoms with E-state index in [1.807, 2.05) is 13.8 Å². The van der Waals surface area contributed by atoms with Gasteiger partial charge < -0.3 is 10.1 Å². The van der Waals surface area contributed by atoms with E-state index in [0.29, 0.717) is 10.6 Å². The zero-order chi connectivity index (χ0) is 12.1. The Morgan fingerprint density at radius 3 is 2.53 bits per heavy atom. The molecule has 0 saturated heterocycles. The van der Waals surface area contributed by atoms with Crippen LogP contribution in [-0.4, -0.2) is 10.1 Å². The summed E-state index contributed by atoms with van der Waals surface area (Å²) in [5.41, 5.74) is 0.804. The van der Waals surface area contributed by atoms with Gasteiger partial charge in [-0.2, -0.15) is 0 Å². The molecule has 1 aromatic carbocycles. The number of aromatic amines is 1. The molecule has 0 spiro atoms. The molecular weight excluding hydrogens is 238 g/mol. The van der Waals surface area contributed by atoms with E-state index < -0.39 is 0 Å². The fourth-order valence-corrected chi connectivity index (χ4v) is 1.52. The van der Waals surface area contributed by atoms with Gasteiger partial charge in [-0.05, 0) is 24.3 Å². The summed E-state index contributed by atoms with van der Waals surface area (Å²) < 4.78 is 0. The number of rotatable bonds is 1. The average molecular weight is 256 g/mol. The number of fused-ring (bicyclic) bond motifs is 1. The largest absolute Gasteiger partial charge is 0.391 e. The van der Waals surface area contributed by atoms with Gasteiger partial charge in [0.05, 0.1) is 6.61 Å². The predicted octanol–water partition coefficient (Wildman–Crippen LogP) is 3.34. The third-order valence-corrected chi connectivity index (χ3v) is 2.29. The first-order chi connectivity index (χ1) is 7.70. The highest BCUT2D eigenvalue weighted by molar-refractivity contribution is 6.31. The van der Waals surface area contributed by atoms with E-state index in [9.17, 15) is 4.79 Å². The molecule has 0 radical (unpaired) electrons. The fraction of sp³-hybridized carbons (Fsp3) is 0.308. The maximum Gasteiger partial charge on any atom is 0.253 e. The molecule has 94 valence electrons. The lowest BCUT2D eigenvalue weighted by Gasteiger charge is -2.00. The van der Waals surface area contributed by atoms with E-state index in [1.165, 1.54) is 0 Å². The van der Waals surface area contributed by atoms with E-state index >= 15 is 0 Å². The molecule has 0 atom stereocenters. The lowest BCUT2D eigenvalue weighted by molar-refractivity contribution is 0.280. The molecule has 0 fully saturated rings. The number of halogens is 1. The van der Waals surface area contributed by atoms with Gasteiger partial charge in [0.15, 0.2) is 0 Å². The standard InChI is InChI=1S/C10H8ClNO2.C2H6.CH4/c11-8-1-2-9-6(4-8)3-7(5-13)10(14)12-9;1-2;/h1-4,13H,5H2,(H,12,14);1-2H3;1H4. The first-order valence-corrected chi connectivity index (χ1v) is 5.51. The smallest absolute Gasteiger partial charge is 0.253 e. The Labute approximate surface area is 106 Å². The van der Waals surface area contributed by atoms with Gasteiger partial charge in [-0.3, -0.25) is 4.79 Å². The van der Waals surface area contributed by atoms with Crippen molar-refractivity contribution in [3.05, 3.63) is 45.2 Å². The minimum Gasteiger partial charge on any atom is -0.391 e. The van der Waals surface area contributed by atoms with Crippen molar-refractivity contribution in [2.75, 3.05) is 0 Å². The van der Waals surface area contributed by atoms with Crippen LogP contribution in [0.25, 0.3) is 10.9 Å². The molecule has 1 heterocycles. The van der Waals surface area contributed by atoms with Crippen molar-refractivity contribution in [1.82, 2.24) is 4.98 Å². The van der Waals surface area contributed by atoms with Gasteiger partial charge in [0.2, 0.25) is 0 Å². The number of aromatic nitrogens is 1. The van der Waals surface area contributed by atoms with Gasteiger partial charge in [-0.15, -0.1) is 0 Å². The number of aliphatic hydroxyl groups is 1. The number of aliphatic hydroxyl groups excluding tert-OH is 1. The Morgan fingerprint density at radius 2 is 1.94 bits per heavy atom. The van der Waals surface area contributed by atoms with Crippen molar-refractivity contribution in [1.29, 1.82) is 0 Å². The quantitative estimate of drug-likeness (QED) is 0.821. The Balaban J connectivity index is 0.000000811. The second kappa shape index (κ2) is 7.09. The summed E-state index contributed by atoms with van der Waals surface area (Å²) in [7, 11) is 0. The van der Waals surface area contributed by atoms with Crippen molar-refractivity contribution < 1.29 is 5.11 Å². The highest BCUT2D eigenvalue weighted by Gasteiger charge is 2.01. The second-order valence-electron chi connectivity index (χ2n) is 3.01. The van der Waals surface area contributed by atoms with Crippen molar-refractivity contribution in [2.45, 2.75) is 27.9 Å². The number of H-pyrrole nitrogens is 1. The molecule has 0 amide bonds. The van der Waals surface area contributed by atoms with Crippen molar-refractivity contribution in [3.8, 4) is 0 Å². The molecule has 0 aliphatic carbocycles. The molecule has 4 heteroatoms. The maximum atomic E-state index is 11.3. The summed E-state index contributed by atoms with van der Waals surface area (Å²) >= 11 is 5.80. The number of nitrogens with one attached hydrogen (secondary N) is 1. The minimum atomic E-state index is -0.266. The minimum absolute atomic E-state index is 0. The SMILES string of the molecule is C.CC.O=c1[nH]c2ccc(Cl)cc2cc1CO. The van der Waals surface area contributed by atoms with Crippen LogP contribution in [0, 0.1) is 0 Å². The van der Waals surface area contributed by atoms with Crippen LogP contribution >= 0.6 is 11.6 Å². The van der Waals surface area contributed by atoms with E-state index in [2.05, 4.69) is 4.98 Å². The summed E-state index contributed by atoms with van der Waals surface area (Å²) in [6, 6.07) is 6.82. The predicted molar refractivity (Wildman–Crippen MR) is 73.6 cm³/mol. The Hall–Kier alpha value is -1.32. The van der Waals surface area contributed by atoms with Crippen LogP contribution in [-0.2, 0) is 6.61 Å². The highest BCUT2D eigenvalue weighted by Crippen LogP contribution is 2.16. The zero-order valence-corrected chi connectivity index (χ0v) is 10.0. The molecule has 17 heavy (non-hydrogen) atoms. The molecule has 0 aliphatic rings. The molecule has 2 aromatic rings. The van der Waals surface area contributed by atoms with Crippen LogP contribution in [0.4, 0.5) is 0 Å². The fourth-order valence-electron chi connectivity index (χ4n) is 1.34. The topological polar surface area (TPSA) is 53.1 Å². The molecule has 2 N–H and O–H groups in total. The zero-order valence-electron chi connectivity index (χ0n) is 9.25. The molecule has 0 aliphatic heterocycles. The number of pyridine rings is 1. The maximum absolute atomic E-state index is 11.3. The van der Waals surface area contributed by atoms with Crippen molar-refractivity contribution in [2.24, 2.45) is 0 Å². The van der Waals surface area contributed by atoms with Gasteiger partial charge in [-0.25, -0.2) is 0 Å². The van der Waals surface area contributed by atoms with E-state index in [1.54, 1.807) is 24.3 Å². The van der Waals surface area contributed by atoms with Crippen LogP contribution in [0.1, 0.15) is 26.8 Å². The van der Waals surface area contributed by atoms with Gasteiger partial charge in [-0.1, -0.05) is 32.9 Å². The number of hydrogen-bond acceptors (Lipinski definition) is 2. The molecule has 0 unspecified atom stereocenters. The molecule has 1 aromatic heterocycles. The van der Waals surface area contributed by atoms with Crippen LogP contribution in [0.3, 0.4) is 0 Å². The molecule has 0 saturated carbocycles. The van der Waals surface area contributed by atoms with Gasteiger partial charge in [0, 0.05) is 21.5 Å². The van der Waals surface area contributed by atoms with Crippen LogP contribution in [0.15, 0.2) is 29.1 Å². The Bertz CT molecular complexity index is 534. The average Bonchev–Trinajstić information content (AvgIpc) is 2.31. The third-order valence-electron chi connectivity index (χ3n) is 2.05. The summed E-state index contributed by atoms with van der Waals surface area (Å²) in [6.45, 7) is 3.73. The van der Waals surface area contributed by atoms with Crippen molar-refractivity contribution >= 4 is 22.5 Å². The van der Waals surface area contributed by atoms with Gasteiger partial charge in [0.1, 0.15) is 0 Å². The molecule has 2 rings (SSSR count).